The lowest BCUT2D eigenvalue weighted by Gasteiger charge is -2.35. The average Bonchev–Trinajstić information content (AvgIpc) is 2.90. The van der Waals surface area contributed by atoms with E-state index in [1.54, 1.807) is 11.2 Å². The second-order valence-electron chi connectivity index (χ2n) is 5.15. The van der Waals surface area contributed by atoms with Crippen molar-refractivity contribution in [3.63, 3.8) is 0 Å². The van der Waals surface area contributed by atoms with Gasteiger partial charge in [0.1, 0.15) is 11.0 Å². The quantitative estimate of drug-likeness (QED) is 0.803. The fourth-order valence-electron chi connectivity index (χ4n) is 2.19. The number of hydrogen-bond donors (Lipinski definition) is 0. The van der Waals surface area contributed by atoms with Crippen LogP contribution in [0.2, 0.25) is 0 Å². The minimum absolute atomic E-state index is 0.301. The lowest BCUT2D eigenvalue weighted by molar-refractivity contribution is -0.132. The van der Waals surface area contributed by atoms with Crippen LogP contribution in [0.25, 0.3) is 0 Å². The number of hydrogen-bond acceptors (Lipinski definition) is 5. The molecule has 1 amide bonds. The van der Waals surface area contributed by atoms with Gasteiger partial charge in [-0.15, -0.1) is 0 Å². The largest absolute Gasteiger partial charge is 0.468 e. The summed E-state index contributed by atoms with van der Waals surface area (Å²) in [4.78, 5) is 15.9. The highest BCUT2D eigenvalue weighted by molar-refractivity contribution is 7.92. The van der Waals surface area contributed by atoms with E-state index in [0.717, 1.165) is 31.7 Å². The van der Waals surface area contributed by atoms with Gasteiger partial charge in [0.25, 0.3) is 0 Å². The van der Waals surface area contributed by atoms with Crippen molar-refractivity contribution in [3.8, 4) is 0 Å². The number of sulfone groups is 1. The van der Waals surface area contributed by atoms with Crippen molar-refractivity contribution in [2.75, 3.05) is 32.4 Å². The summed E-state index contributed by atoms with van der Waals surface area (Å²) in [6, 6.07) is 3.77. The number of piperazine rings is 1. The molecule has 1 aliphatic rings. The van der Waals surface area contributed by atoms with E-state index in [0.29, 0.717) is 13.1 Å². The van der Waals surface area contributed by atoms with Crippen LogP contribution in [-0.2, 0) is 21.2 Å². The number of amides is 1. The van der Waals surface area contributed by atoms with E-state index < -0.39 is 15.1 Å². The molecule has 7 heteroatoms. The van der Waals surface area contributed by atoms with Gasteiger partial charge in [-0.2, -0.15) is 0 Å². The molecule has 0 spiro atoms. The molecular weight excluding hydrogens is 280 g/mol. The highest BCUT2D eigenvalue weighted by atomic mass is 32.2. The molecule has 20 heavy (non-hydrogen) atoms. The lowest BCUT2D eigenvalue weighted by Crippen LogP contribution is -2.51. The van der Waals surface area contributed by atoms with Gasteiger partial charge in [0.05, 0.1) is 12.8 Å². The van der Waals surface area contributed by atoms with Crippen LogP contribution in [0, 0.1) is 0 Å². The van der Waals surface area contributed by atoms with Gasteiger partial charge >= 0.3 is 0 Å². The summed E-state index contributed by atoms with van der Waals surface area (Å²) in [7, 11) is -3.33. The Morgan fingerprint density at radius 3 is 2.50 bits per heavy atom. The van der Waals surface area contributed by atoms with Crippen molar-refractivity contribution in [3.05, 3.63) is 24.2 Å². The van der Waals surface area contributed by atoms with E-state index in [9.17, 15) is 13.2 Å². The second-order valence-corrected chi connectivity index (χ2v) is 7.52. The monoisotopic (exact) mass is 300 g/mol. The van der Waals surface area contributed by atoms with Crippen LogP contribution < -0.4 is 0 Å². The first kappa shape index (κ1) is 15.1. The molecule has 1 atom stereocenters. The SMILES string of the molecule is CC(C(=O)N1CCN(Cc2ccco2)CC1)S(C)(=O)=O. The van der Waals surface area contributed by atoms with Crippen molar-refractivity contribution in [1.29, 1.82) is 0 Å². The van der Waals surface area contributed by atoms with Crippen LogP contribution >= 0.6 is 0 Å². The zero-order valence-corrected chi connectivity index (χ0v) is 12.6. The molecule has 1 saturated heterocycles. The third-order valence-corrected chi connectivity index (χ3v) is 5.12. The summed E-state index contributed by atoms with van der Waals surface area (Å²) in [6.45, 7) is 4.73. The summed E-state index contributed by atoms with van der Waals surface area (Å²) >= 11 is 0. The minimum atomic E-state index is -3.33. The van der Waals surface area contributed by atoms with E-state index in [1.165, 1.54) is 6.92 Å². The molecule has 0 bridgehead atoms. The maximum atomic E-state index is 12.1. The number of rotatable bonds is 4. The molecule has 0 radical (unpaired) electrons. The molecule has 1 aromatic heterocycles. The van der Waals surface area contributed by atoms with Crippen LogP contribution in [0.15, 0.2) is 22.8 Å². The summed E-state index contributed by atoms with van der Waals surface area (Å²) in [6.07, 6.45) is 2.74. The molecular formula is C13H20N2O4S. The number of nitrogens with zero attached hydrogens (tertiary/aromatic N) is 2. The van der Waals surface area contributed by atoms with Gasteiger partial charge in [-0.1, -0.05) is 0 Å². The standard InChI is InChI=1S/C13H20N2O4S/c1-11(20(2,17)18)13(16)15-7-5-14(6-8-15)10-12-4-3-9-19-12/h3-4,9,11H,5-8,10H2,1-2H3. The van der Waals surface area contributed by atoms with Gasteiger partial charge < -0.3 is 9.32 Å². The fraction of sp³-hybridized carbons (Fsp3) is 0.615. The van der Waals surface area contributed by atoms with E-state index in [1.807, 2.05) is 12.1 Å². The van der Waals surface area contributed by atoms with Crippen LogP contribution in [0.4, 0.5) is 0 Å². The molecule has 0 saturated carbocycles. The first-order chi connectivity index (χ1) is 9.38. The first-order valence-electron chi connectivity index (χ1n) is 6.60. The molecule has 2 rings (SSSR count). The third-order valence-electron chi connectivity index (χ3n) is 3.63. The molecule has 0 N–H and O–H groups in total. The Morgan fingerprint density at radius 2 is 2.00 bits per heavy atom. The Balaban J connectivity index is 1.86. The number of furan rings is 1. The van der Waals surface area contributed by atoms with E-state index in [-0.39, 0.29) is 5.91 Å². The molecule has 2 heterocycles. The van der Waals surface area contributed by atoms with Gasteiger partial charge in [-0.25, -0.2) is 8.42 Å². The van der Waals surface area contributed by atoms with Crippen molar-refractivity contribution >= 4 is 15.7 Å². The van der Waals surface area contributed by atoms with Crippen molar-refractivity contribution in [2.45, 2.75) is 18.7 Å². The average molecular weight is 300 g/mol. The molecule has 1 fully saturated rings. The second kappa shape index (κ2) is 5.97. The fourth-order valence-corrected chi connectivity index (χ4v) is 2.70. The van der Waals surface area contributed by atoms with Gasteiger partial charge in [0, 0.05) is 32.4 Å². The van der Waals surface area contributed by atoms with Crippen LogP contribution in [0.1, 0.15) is 12.7 Å². The Labute approximate surface area is 119 Å². The highest BCUT2D eigenvalue weighted by Gasteiger charge is 2.30. The maximum Gasteiger partial charge on any atom is 0.240 e. The minimum Gasteiger partial charge on any atom is -0.468 e. The highest BCUT2D eigenvalue weighted by Crippen LogP contribution is 2.11. The molecule has 1 unspecified atom stereocenters. The normalized spacial score (nSPS) is 19.0. The zero-order chi connectivity index (χ0) is 14.8. The van der Waals surface area contributed by atoms with Crippen LogP contribution in [0.3, 0.4) is 0 Å². The van der Waals surface area contributed by atoms with Gasteiger partial charge in [0.15, 0.2) is 9.84 Å². The summed E-state index contributed by atoms with van der Waals surface area (Å²) in [5.74, 6) is 0.597. The number of carbonyl (C=O) groups excluding carboxylic acids is 1. The van der Waals surface area contributed by atoms with Crippen LogP contribution in [-0.4, -0.2) is 61.8 Å². The Bertz CT molecular complexity index is 545. The van der Waals surface area contributed by atoms with E-state index in [4.69, 9.17) is 4.42 Å². The summed E-state index contributed by atoms with van der Waals surface area (Å²) in [5, 5.41) is -0.959. The molecule has 1 aromatic rings. The van der Waals surface area contributed by atoms with E-state index in [2.05, 4.69) is 4.90 Å². The van der Waals surface area contributed by atoms with Gasteiger partial charge in [0.2, 0.25) is 5.91 Å². The summed E-state index contributed by atoms with van der Waals surface area (Å²) in [5.41, 5.74) is 0. The van der Waals surface area contributed by atoms with E-state index >= 15 is 0 Å². The van der Waals surface area contributed by atoms with Crippen molar-refractivity contribution < 1.29 is 17.6 Å². The molecule has 112 valence electrons. The predicted molar refractivity (Wildman–Crippen MR) is 74.9 cm³/mol. The third kappa shape index (κ3) is 3.61. The number of carbonyl (C=O) groups is 1. The van der Waals surface area contributed by atoms with Crippen LogP contribution in [0.5, 0.6) is 0 Å². The zero-order valence-electron chi connectivity index (χ0n) is 11.8. The topological polar surface area (TPSA) is 70.8 Å². The lowest BCUT2D eigenvalue weighted by atomic mass is 10.2. The van der Waals surface area contributed by atoms with Crippen molar-refractivity contribution in [2.24, 2.45) is 0 Å². The first-order valence-corrected chi connectivity index (χ1v) is 8.56. The van der Waals surface area contributed by atoms with Crippen molar-refractivity contribution in [1.82, 2.24) is 9.80 Å². The molecule has 0 aliphatic carbocycles. The molecule has 0 aromatic carbocycles. The Morgan fingerprint density at radius 1 is 1.35 bits per heavy atom. The van der Waals surface area contributed by atoms with Gasteiger partial charge in [-0.3, -0.25) is 9.69 Å². The smallest absolute Gasteiger partial charge is 0.240 e. The molecule has 1 aliphatic heterocycles. The Hall–Kier alpha value is -1.34. The predicted octanol–water partition coefficient (Wildman–Crippen LogP) is 0.357. The molecule has 6 nitrogen and oxygen atoms in total. The van der Waals surface area contributed by atoms with Gasteiger partial charge in [-0.05, 0) is 19.1 Å². The maximum absolute atomic E-state index is 12.1. The Kier molecular flexibility index (Phi) is 4.49. The summed E-state index contributed by atoms with van der Waals surface area (Å²) < 4.78 is 28.1.